The van der Waals surface area contributed by atoms with Gasteiger partial charge in [-0.05, 0) is 73.3 Å². The zero-order chi connectivity index (χ0) is 22.2. The molecule has 32 heavy (non-hydrogen) atoms. The fourth-order valence-electron chi connectivity index (χ4n) is 4.49. The molecule has 1 aliphatic heterocycles. The average Bonchev–Trinajstić information content (AvgIpc) is 2.80. The standard InChI is InChI=1S/C26H23NO5/c28-17-5-3-4-16(12-17)19-13-20(15-8-10-27-11-9-15)26-24(25(19)31)22(30)14-23(32-26)18-6-1-2-7-21(18)29/h1-7,12-15,27-29,31H,8-11H2. The smallest absolute Gasteiger partial charge is 0.197 e. The van der Waals surface area contributed by atoms with Gasteiger partial charge in [0, 0.05) is 11.6 Å². The lowest BCUT2D eigenvalue weighted by Gasteiger charge is -2.25. The van der Waals surface area contributed by atoms with Crippen molar-refractivity contribution in [3.63, 3.8) is 0 Å². The van der Waals surface area contributed by atoms with Gasteiger partial charge >= 0.3 is 0 Å². The van der Waals surface area contributed by atoms with E-state index in [2.05, 4.69) is 5.32 Å². The molecular weight excluding hydrogens is 406 g/mol. The lowest BCUT2D eigenvalue weighted by molar-refractivity contribution is 0.454. The van der Waals surface area contributed by atoms with Crippen molar-refractivity contribution in [3.8, 4) is 39.7 Å². The number of aromatic hydroxyl groups is 3. The van der Waals surface area contributed by atoms with Crippen molar-refractivity contribution in [3.05, 3.63) is 76.5 Å². The molecule has 0 aliphatic carbocycles. The van der Waals surface area contributed by atoms with Crippen LogP contribution in [-0.4, -0.2) is 28.4 Å². The summed E-state index contributed by atoms with van der Waals surface area (Å²) in [4.78, 5) is 13.2. The fraction of sp³-hybridized carbons (Fsp3) is 0.192. The summed E-state index contributed by atoms with van der Waals surface area (Å²) in [5.74, 6) is 0.297. The second-order valence-electron chi connectivity index (χ2n) is 8.13. The Morgan fingerprint density at radius 1 is 0.875 bits per heavy atom. The van der Waals surface area contributed by atoms with Crippen LogP contribution < -0.4 is 10.7 Å². The van der Waals surface area contributed by atoms with E-state index in [9.17, 15) is 20.1 Å². The van der Waals surface area contributed by atoms with Crippen LogP contribution in [0.4, 0.5) is 0 Å². The lowest BCUT2D eigenvalue weighted by Crippen LogP contribution is -2.26. The molecule has 0 amide bonds. The van der Waals surface area contributed by atoms with Crippen molar-refractivity contribution in [1.82, 2.24) is 5.32 Å². The summed E-state index contributed by atoms with van der Waals surface area (Å²) in [5, 5.41) is 34.8. The molecule has 1 aromatic heterocycles. The first-order chi connectivity index (χ1) is 15.5. The van der Waals surface area contributed by atoms with Crippen LogP contribution in [0.5, 0.6) is 17.2 Å². The highest BCUT2D eigenvalue weighted by Crippen LogP contribution is 2.43. The Hall–Kier alpha value is -3.77. The summed E-state index contributed by atoms with van der Waals surface area (Å²) in [6.07, 6.45) is 1.73. The SMILES string of the molecule is O=c1cc(-c2ccccc2O)oc2c(C3CCNCC3)cc(-c3cccc(O)c3)c(O)c12. The van der Waals surface area contributed by atoms with E-state index in [4.69, 9.17) is 4.42 Å². The number of para-hydroxylation sites is 1. The predicted octanol–water partition coefficient (Wildman–Crippen LogP) is 4.71. The average molecular weight is 429 g/mol. The molecule has 0 radical (unpaired) electrons. The molecule has 0 unspecified atom stereocenters. The Labute approximate surface area is 184 Å². The van der Waals surface area contributed by atoms with Gasteiger partial charge in [0.05, 0.1) is 5.56 Å². The van der Waals surface area contributed by atoms with E-state index in [-0.39, 0.29) is 39.7 Å². The third kappa shape index (κ3) is 3.48. The highest BCUT2D eigenvalue weighted by Gasteiger charge is 2.25. The minimum atomic E-state index is -0.390. The van der Waals surface area contributed by atoms with Gasteiger partial charge in [-0.15, -0.1) is 0 Å². The van der Waals surface area contributed by atoms with Crippen LogP contribution in [0.1, 0.15) is 24.3 Å². The molecule has 0 bridgehead atoms. The number of nitrogens with one attached hydrogen (secondary N) is 1. The number of piperidine rings is 1. The number of hydrogen-bond donors (Lipinski definition) is 4. The van der Waals surface area contributed by atoms with Crippen molar-refractivity contribution in [1.29, 1.82) is 0 Å². The van der Waals surface area contributed by atoms with Crippen LogP contribution in [-0.2, 0) is 0 Å². The molecule has 4 aromatic rings. The molecule has 0 spiro atoms. The number of hydrogen-bond acceptors (Lipinski definition) is 6. The lowest BCUT2D eigenvalue weighted by atomic mass is 9.86. The van der Waals surface area contributed by atoms with Gasteiger partial charge in [0.25, 0.3) is 0 Å². The van der Waals surface area contributed by atoms with Gasteiger partial charge < -0.3 is 25.1 Å². The highest BCUT2D eigenvalue weighted by atomic mass is 16.3. The fourth-order valence-corrected chi connectivity index (χ4v) is 4.49. The Morgan fingerprint density at radius 3 is 2.41 bits per heavy atom. The largest absolute Gasteiger partial charge is 0.508 e. The zero-order valence-corrected chi connectivity index (χ0v) is 17.3. The molecular formula is C26H23NO5. The molecule has 4 N–H and O–H groups in total. The third-order valence-corrected chi connectivity index (χ3v) is 6.11. The van der Waals surface area contributed by atoms with Gasteiger partial charge in [0.2, 0.25) is 0 Å². The monoisotopic (exact) mass is 429 g/mol. The number of benzene rings is 3. The molecule has 1 aliphatic rings. The second-order valence-corrected chi connectivity index (χ2v) is 8.13. The minimum Gasteiger partial charge on any atom is -0.508 e. The maximum absolute atomic E-state index is 13.2. The Morgan fingerprint density at radius 2 is 1.66 bits per heavy atom. The molecule has 2 heterocycles. The van der Waals surface area contributed by atoms with E-state index in [0.29, 0.717) is 22.3 Å². The van der Waals surface area contributed by atoms with Gasteiger partial charge in [-0.2, -0.15) is 0 Å². The van der Waals surface area contributed by atoms with E-state index in [1.165, 1.54) is 12.1 Å². The Balaban J connectivity index is 1.82. The topological polar surface area (TPSA) is 103 Å². The third-order valence-electron chi connectivity index (χ3n) is 6.11. The van der Waals surface area contributed by atoms with E-state index >= 15 is 0 Å². The van der Waals surface area contributed by atoms with Crippen LogP contribution in [0.25, 0.3) is 33.4 Å². The van der Waals surface area contributed by atoms with Crippen molar-refractivity contribution in [2.24, 2.45) is 0 Å². The summed E-state index contributed by atoms with van der Waals surface area (Å²) in [5.41, 5.74) is 2.29. The number of phenols is 3. The highest BCUT2D eigenvalue weighted by molar-refractivity contribution is 5.95. The first-order valence-corrected chi connectivity index (χ1v) is 10.6. The molecule has 1 fully saturated rings. The van der Waals surface area contributed by atoms with E-state index in [0.717, 1.165) is 31.5 Å². The normalized spacial score (nSPS) is 14.6. The van der Waals surface area contributed by atoms with Crippen LogP contribution in [0.3, 0.4) is 0 Å². The summed E-state index contributed by atoms with van der Waals surface area (Å²) in [7, 11) is 0. The van der Waals surface area contributed by atoms with E-state index in [1.807, 2.05) is 6.07 Å². The van der Waals surface area contributed by atoms with Gasteiger partial charge in [-0.25, -0.2) is 0 Å². The number of rotatable bonds is 3. The molecule has 5 rings (SSSR count). The number of phenolic OH excluding ortho intramolecular Hbond substituents is 3. The first kappa shape index (κ1) is 20.2. The molecule has 6 heteroatoms. The van der Waals surface area contributed by atoms with Gasteiger partial charge in [0.15, 0.2) is 5.43 Å². The Kier molecular flexibility index (Phi) is 5.07. The summed E-state index contributed by atoms with van der Waals surface area (Å²) >= 11 is 0. The molecule has 0 saturated carbocycles. The summed E-state index contributed by atoms with van der Waals surface area (Å²) in [6, 6.07) is 16.4. The second kappa shape index (κ2) is 8.05. The number of fused-ring (bicyclic) bond motifs is 1. The first-order valence-electron chi connectivity index (χ1n) is 10.6. The van der Waals surface area contributed by atoms with Crippen LogP contribution in [0, 0.1) is 0 Å². The van der Waals surface area contributed by atoms with Gasteiger partial charge in [-0.1, -0.05) is 24.3 Å². The molecule has 3 aromatic carbocycles. The van der Waals surface area contributed by atoms with Crippen LogP contribution in [0.15, 0.2) is 69.9 Å². The van der Waals surface area contributed by atoms with Gasteiger partial charge in [0.1, 0.15) is 34.0 Å². The maximum Gasteiger partial charge on any atom is 0.197 e. The van der Waals surface area contributed by atoms with Gasteiger partial charge in [-0.3, -0.25) is 4.79 Å². The minimum absolute atomic E-state index is 0.0130. The zero-order valence-electron chi connectivity index (χ0n) is 17.3. The van der Waals surface area contributed by atoms with E-state index < -0.39 is 0 Å². The quantitative estimate of drug-likeness (QED) is 0.376. The van der Waals surface area contributed by atoms with Crippen molar-refractivity contribution in [2.45, 2.75) is 18.8 Å². The molecule has 1 saturated heterocycles. The van der Waals surface area contributed by atoms with Crippen molar-refractivity contribution in [2.75, 3.05) is 13.1 Å². The van der Waals surface area contributed by atoms with Crippen molar-refractivity contribution < 1.29 is 19.7 Å². The van der Waals surface area contributed by atoms with Crippen molar-refractivity contribution >= 4 is 11.0 Å². The molecule has 0 atom stereocenters. The Bertz CT molecular complexity index is 1370. The summed E-state index contributed by atoms with van der Waals surface area (Å²) in [6.45, 7) is 1.69. The maximum atomic E-state index is 13.2. The summed E-state index contributed by atoms with van der Waals surface area (Å²) < 4.78 is 6.20. The van der Waals surface area contributed by atoms with Crippen LogP contribution in [0.2, 0.25) is 0 Å². The predicted molar refractivity (Wildman–Crippen MR) is 123 cm³/mol. The van der Waals surface area contributed by atoms with E-state index in [1.54, 1.807) is 42.5 Å². The van der Waals surface area contributed by atoms with Crippen LogP contribution >= 0.6 is 0 Å². The molecule has 162 valence electrons. The molecule has 6 nitrogen and oxygen atoms in total.